The van der Waals surface area contributed by atoms with E-state index in [1.54, 1.807) is 23.1 Å². The SMILES string of the molecule is Cc1nnc(SCCCCl)s1. The molecule has 0 saturated carbocycles. The van der Waals surface area contributed by atoms with Crippen molar-refractivity contribution in [2.24, 2.45) is 0 Å². The molecule has 0 aromatic carbocycles. The lowest BCUT2D eigenvalue weighted by Gasteiger charge is -1.90. The topological polar surface area (TPSA) is 25.8 Å². The molecule has 0 fully saturated rings. The summed E-state index contributed by atoms with van der Waals surface area (Å²) < 4.78 is 1.05. The molecule has 1 heterocycles. The first-order chi connectivity index (χ1) is 5.33. The molecule has 0 amide bonds. The molecule has 11 heavy (non-hydrogen) atoms. The molecular formula is C6H9ClN2S2. The van der Waals surface area contributed by atoms with Crippen LogP contribution in [0.2, 0.25) is 0 Å². The molecule has 0 radical (unpaired) electrons. The van der Waals surface area contributed by atoms with Crippen LogP contribution in [0.5, 0.6) is 0 Å². The predicted molar refractivity (Wildman–Crippen MR) is 50.7 cm³/mol. The molecule has 1 rings (SSSR count). The molecule has 1 aromatic rings. The van der Waals surface area contributed by atoms with Crippen molar-refractivity contribution in [2.75, 3.05) is 11.6 Å². The largest absolute Gasteiger partial charge is 0.174 e. The van der Waals surface area contributed by atoms with Crippen LogP contribution in [0, 0.1) is 6.92 Å². The summed E-state index contributed by atoms with van der Waals surface area (Å²) in [4.78, 5) is 0. The number of rotatable bonds is 4. The number of hydrogen-bond donors (Lipinski definition) is 0. The number of aryl methyl sites for hydroxylation is 1. The average molecular weight is 209 g/mol. The van der Waals surface area contributed by atoms with E-state index in [1.165, 1.54) is 0 Å². The first kappa shape index (κ1) is 9.29. The Balaban J connectivity index is 2.27. The minimum Gasteiger partial charge on any atom is -0.143 e. The van der Waals surface area contributed by atoms with Crippen LogP contribution in [0.15, 0.2) is 4.34 Å². The second-order valence-electron chi connectivity index (χ2n) is 1.98. The Morgan fingerprint density at radius 3 is 2.91 bits per heavy atom. The van der Waals surface area contributed by atoms with Crippen molar-refractivity contribution < 1.29 is 0 Å². The van der Waals surface area contributed by atoms with E-state index in [0.717, 1.165) is 27.4 Å². The monoisotopic (exact) mass is 208 g/mol. The van der Waals surface area contributed by atoms with Crippen molar-refractivity contribution in [1.82, 2.24) is 10.2 Å². The number of thioether (sulfide) groups is 1. The van der Waals surface area contributed by atoms with E-state index in [0.29, 0.717) is 0 Å². The lowest BCUT2D eigenvalue weighted by molar-refractivity contribution is 0.981. The molecule has 0 unspecified atom stereocenters. The number of nitrogens with zero attached hydrogens (tertiary/aromatic N) is 2. The van der Waals surface area contributed by atoms with Crippen LogP contribution in [0.1, 0.15) is 11.4 Å². The van der Waals surface area contributed by atoms with Crippen molar-refractivity contribution >= 4 is 34.7 Å². The summed E-state index contributed by atoms with van der Waals surface area (Å²) in [5.41, 5.74) is 0. The van der Waals surface area contributed by atoms with Gasteiger partial charge in [0.1, 0.15) is 5.01 Å². The third-order valence-electron chi connectivity index (χ3n) is 1.01. The molecule has 1 aromatic heterocycles. The second-order valence-corrected chi connectivity index (χ2v) is 4.88. The number of hydrogen-bond acceptors (Lipinski definition) is 4. The highest BCUT2D eigenvalue weighted by Crippen LogP contribution is 2.22. The maximum Gasteiger partial charge on any atom is 0.174 e. The highest BCUT2D eigenvalue weighted by Gasteiger charge is 1.99. The van der Waals surface area contributed by atoms with Crippen molar-refractivity contribution in [3.8, 4) is 0 Å². The first-order valence-corrected chi connectivity index (χ1v) is 5.65. The van der Waals surface area contributed by atoms with Gasteiger partial charge in [0, 0.05) is 11.6 Å². The zero-order chi connectivity index (χ0) is 8.10. The summed E-state index contributed by atoms with van der Waals surface area (Å²) >= 11 is 8.89. The molecule has 0 N–H and O–H groups in total. The van der Waals surface area contributed by atoms with Gasteiger partial charge in [0.25, 0.3) is 0 Å². The van der Waals surface area contributed by atoms with Gasteiger partial charge in [-0.25, -0.2) is 0 Å². The van der Waals surface area contributed by atoms with Gasteiger partial charge < -0.3 is 0 Å². The Labute approximate surface area is 79.4 Å². The minimum atomic E-state index is 0.727. The number of aromatic nitrogens is 2. The Morgan fingerprint density at radius 2 is 2.36 bits per heavy atom. The van der Waals surface area contributed by atoms with E-state index >= 15 is 0 Å². The standard InChI is InChI=1S/C6H9ClN2S2/c1-5-8-9-6(11-5)10-4-2-3-7/h2-4H2,1H3. The van der Waals surface area contributed by atoms with Gasteiger partial charge in [-0.15, -0.1) is 21.8 Å². The van der Waals surface area contributed by atoms with Gasteiger partial charge in [-0.2, -0.15) is 0 Å². The molecule has 0 aliphatic rings. The molecular weight excluding hydrogens is 200 g/mol. The van der Waals surface area contributed by atoms with Gasteiger partial charge in [-0.05, 0) is 13.3 Å². The van der Waals surface area contributed by atoms with Crippen molar-refractivity contribution in [3.63, 3.8) is 0 Å². The molecule has 0 aliphatic carbocycles. The second kappa shape index (κ2) is 4.95. The third-order valence-corrected chi connectivity index (χ3v) is 3.34. The lowest BCUT2D eigenvalue weighted by atomic mass is 10.6. The van der Waals surface area contributed by atoms with Crippen LogP contribution in [0.3, 0.4) is 0 Å². The third kappa shape index (κ3) is 3.40. The summed E-state index contributed by atoms with van der Waals surface area (Å²) in [6.45, 7) is 1.96. The first-order valence-electron chi connectivity index (χ1n) is 3.32. The van der Waals surface area contributed by atoms with Gasteiger partial charge >= 0.3 is 0 Å². The molecule has 5 heteroatoms. The van der Waals surface area contributed by atoms with E-state index < -0.39 is 0 Å². The van der Waals surface area contributed by atoms with Gasteiger partial charge in [-0.1, -0.05) is 23.1 Å². The average Bonchev–Trinajstić information content (AvgIpc) is 2.37. The Bertz CT molecular complexity index is 214. The quantitative estimate of drug-likeness (QED) is 0.432. The van der Waals surface area contributed by atoms with Gasteiger partial charge in [0.15, 0.2) is 4.34 Å². The van der Waals surface area contributed by atoms with Crippen LogP contribution in [0.4, 0.5) is 0 Å². The predicted octanol–water partition coefficient (Wildman–Crippen LogP) is 2.57. The maximum absolute atomic E-state index is 5.53. The fourth-order valence-corrected chi connectivity index (χ4v) is 2.67. The van der Waals surface area contributed by atoms with E-state index in [9.17, 15) is 0 Å². The summed E-state index contributed by atoms with van der Waals surface area (Å²) in [6, 6.07) is 0. The molecule has 0 spiro atoms. The molecule has 2 nitrogen and oxygen atoms in total. The fourth-order valence-electron chi connectivity index (χ4n) is 0.551. The van der Waals surface area contributed by atoms with Gasteiger partial charge in [0.2, 0.25) is 0 Å². The fraction of sp³-hybridized carbons (Fsp3) is 0.667. The Morgan fingerprint density at radius 1 is 1.55 bits per heavy atom. The highest BCUT2D eigenvalue weighted by molar-refractivity contribution is 8.01. The molecule has 0 atom stereocenters. The van der Waals surface area contributed by atoms with Gasteiger partial charge in [0.05, 0.1) is 0 Å². The number of halogens is 1. The highest BCUT2D eigenvalue weighted by atomic mass is 35.5. The van der Waals surface area contributed by atoms with E-state index in [-0.39, 0.29) is 0 Å². The van der Waals surface area contributed by atoms with Crippen molar-refractivity contribution in [3.05, 3.63) is 5.01 Å². The van der Waals surface area contributed by atoms with Crippen LogP contribution < -0.4 is 0 Å². The normalized spacial score (nSPS) is 10.4. The van der Waals surface area contributed by atoms with Crippen LogP contribution in [-0.2, 0) is 0 Å². The lowest BCUT2D eigenvalue weighted by Crippen LogP contribution is -1.79. The van der Waals surface area contributed by atoms with Crippen LogP contribution in [0.25, 0.3) is 0 Å². The smallest absolute Gasteiger partial charge is 0.143 e. The van der Waals surface area contributed by atoms with E-state index in [4.69, 9.17) is 11.6 Å². The van der Waals surface area contributed by atoms with Crippen LogP contribution in [-0.4, -0.2) is 21.8 Å². The summed E-state index contributed by atoms with van der Waals surface area (Å²) in [7, 11) is 0. The molecule has 62 valence electrons. The van der Waals surface area contributed by atoms with Crippen molar-refractivity contribution in [1.29, 1.82) is 0 Å². The molecule has 0 saturated heterocycles. The van der Waals surface area contributed by atoms with Crippen LogP contribution >= 0.6 is 34.7 Å². The zero-order valence-electron chi connectivity index (χ0n) is 6.21. The molecule has 0 bridgehead atoms. The Hall–Kier alpha value is 0.200. The van der Waals surface area contributed by atoms with Gasteiger partial charge in [-0.3, -0.25) is 0 Å². The summed E-state index contributed by atoms with van der Waals surface area (Å²) in [5, 5.41) is 8.91. The van der Waals surface area contributed by atoms with E-state index in [1.807, 2.05) is 6.92 Å². The minimum absolute atomic E-state index is 0.727. The number of alkyl halides is 1. The van der Waals surface area contributed by atoms with Crippen molar-refractivity contribution in [2.45, 2.75) is 17.7 Å². The summed E-state index contributed by atoms with van der Waals surface area (Å²) in [6.07, 6.45) is 1.03. The Kier molecular flexibility index (Phi) is 4.18. The van der Waals surface area contributed by atoms with E-state index in [2.05, 4.69) is 10.2 Å². The molecule has 0 aliphatic heterocycles. The zero-order valence-corrected chi connectivity index (χ0v) is 8.60. The summed E-state index contributed by atoms with van der Waals surface area (Å²) in [5.74, 6) is 1.77. The maximum atomic E-state index is 5.53.